The van der Waals surface area contributed by atoms with Crippen LogP contribution in [0.3, 0.4) is 0 Å². The summed E-state index contributed by atoms with van der Waals surface area (Å²) in [4.78, 5) is 11.4. The lowest BCUT2D eigenvalue weighted by molar-refractivity contribution is 0.0527. The predicted molar refractivity (Wildman–Crippen MR) is 57.5 cm³/mol. The molecule has 5 nitrogen and oxygen atoms in total. The van der Waals surface area contributed by atoms with Crippen LogP contribution in [0.15, 0.2) is 6.20 Å². The number of nitrogen functional groups attached to an aromatic ring is 1. The number of nitrogens with zero attached hydrogens (tertiary/aromatic N) is 2. The number of carbonyl (C=O) groups excluding carboxylic acids is 1. The van der Waals surface area contributed by atoms with Gasteiger partial charge in [-0.05, 0) is 13.3 Å². The molecular weight excluding hydrogens is 194 g/mol. The number of hydrogen-bond donors (Lipinski definition) is 1. The Labute approximate surface area is 89.2 Å². The first-order valence-electron chi connectivity index (χ1n) is 5.19. The fourth-order valence-electron chi connectivity index (χ4n) is 1.24. The quantitative estimate of drug-likeness (QED) is 0.748. The minimum atomic E-state index is -0.405. The van der Waals surface area contributed by atoms with Gasteiger partial charge < -0.3 is 10.5 Å². The van der Waals surface area contributed by atoms with E-state index in [1.165, 1.54) is 0 Å². The fourth-order valence-corrected chi connectivity index (χ4v) is 1.24. The molecule has 0 saturated heterocycles. The molecule has 0 aliphatic heterocycles. The predicted octanol–water partition coefficient (Wildman–Crippen LogP) is 1.44. The molecule has 0 unspecified atom stereocenters. The van der Waals surface area contributed by atoms with Gasteiger partial charge in [0.1, 0.15) is 5.56 Å². The molecule has 0 fully saturated rings. The Morgan fingerprint density at radius 3 is 2.93 bits per heavy atom. The molecule has 84 valence electrons. The number of hydrogen-bond acceptors (Lipinski definition) is 4. The lowest BCUT2D eigenvalue weighted by Gasteiger charge is -1.98. The second kappa shape index (κ2) is 5.38. The number of aryl methyl sites for hydroxylation is 1. The Kier molecular flexibility index (Phi) is 4.15. The molecule has 1 aromatic heterocycles. The van der Waals surface area contributed by atoms with E-state index in [0.717, 1.165) is 19.4 Å². The van der Waals surface area contributed by atoms with Crippen LogP contribution in [-0.4, -0.2) is 22.4 Å². The monoisotopic (exact) mass is 211 g/mol. The number of ether oxygens (including phenoxy) is 1. The Bertz CT molecular complexity index is 333. The third-order valence-electron chi connectivity index (χ3n) is 2.03. The molecule has 0 amide bonds. The van der Waals surface area contributed by atoms with Gasteiger partial charge in [0.2, 0.25) is 0 Å². The number of nitrogens with two attached hydrogens (primary N) is 1. The van der Waals surface area contributed by atoms with Crippen molar-refractivity contribution in [3.05, 3.63) is 11.8 Å². The van der Waals surface area contributed by atoms with Crippen LogP contribution in [0.5, 0.6) is 0 Å². The largest absolute Gasteiger partial charge is 0.462 e. The van der Waals surface area contributed by atoms with Gasteiger partial charge in [0.25, 0.3) is 0 Å². The van der Waals surface area contributed by atoms with Crippen molar-refractivity contribution < 1.29 is 9.53 Å². The van der Waals surface area contributed by atoms with Crippen LogP contribution in [0.1, 0.15) is 37.0 Å². The highest BCUT2D eigenvalue weighted by molar-refractivity contribution is 5.93. The SMILES string of the molecule is CCCCn1cc(C(=O)OCC)c(N)n1. The molecule has 0 radical (unpaired) electrons. The van der Waals surface area contributed by atoms with Crippen molar-refractivity contribution in [2.45, 2.75) is 33.2 Å². The van der Waals surface area contributed by atoms with E-state index >= 15 is 0 Å². The van der Waals surface area contributed by atoms with Crippen molar-refractivity contribution >= 4 is 11.8 Å². The van der Waals surface area contributed by atoms with Crippen molar-refractivity contribution in [1.82, 2.24) is 9.78 Å². The minimum Gasteiger partial charge on any atom is -0.462 e. The van der Waals surface area contributed by atoms with Gasteiger partial charge in [0.15, 0.2) is 5.82 Å². The Morgan fingerprint density at radius 2 is 2.33 bits per heavy atom. The van der Waals surface area contributed by atoms with Crippen molar-refractivity contribution in [3.63, 3.8) is 0 Å². The summed E-state index contributed by atoms with van der Waals surface area (Å²) < 4.78 is 6.54. The molecule has 0 bridgehead atoms. The average molecular weight is 211 g/mol. The van der Waals surface area contributed by atoms with Gasteiger partial charge in [-0.1, -0.05) is 13.3 Å². The van der Waals surface area contributed by atoms with Crippen molar-refractivity contribution in [3.8, 4) is 0 Å². The molecule has 1 rings (SSSR count). The zero-order valence-electron chi connectivity index (χ0n) is 9.19. The Morgan fingerprint density at radius 1 is 1.60 bits per heavy atom. The van der Waals surface area contributed by atoms with Crippen LogP contribution < -0.4 is 5.73 Å². The van der Waals surface area contributed by atoms with Gasteiger partial charge in [-0.2, -0.15) is 5.10 Å². The van der Waals surface area contributed by atoms with E-state index in [4.69, 9.17) is 10.5 Å². The number of esters is 1. The molecule has 0 aromatic carbocycles. The van der Waals surface area contributed by atoms with E-state index in [1.54, 1.807) is 17.8 Å². The van der Waals surface area contributed by atoms with E-state index in [2.05, 4.69) is 12.0 Å². The number of rotatable bonds is 5. The van der Waals surface area contributed by atoms with Gasteiger partial charge in [-0.15, -0.1) is 0 Å². The summed E-state index contributed by atoms with van der Waals surface area (Å²) in [5, 5.41) is 4.05. The highest BCUT2D eigenvalue weighted by Crippen LogP contribution is 2.11. The second-order valence-electron chi connectivity index (χ2n) is 3.27. The molecule has 0 aliphatic carbocycles. The van der Waals surface area contributed by atoms with Crippen molar-refractivity contribution in [2.75, 3.05) is 12.3 Å². The van der Waals surface area contributed by atoms with Crippen LogP contribution in [0.2, 0.25) is 0 Å². The molecule has 1 aromatic rings. The number of unbranched alkanes of at least 4 members (excludes halogenated alkanes) is 1. The zero-order chi connectivity index (χ0) is 11.3. The Balaban J connectivity index is 2.72. The van der Waals surface area contributed by atoms with Gasteiger partial charge in [-0.25, -0.2) is 4.79 Å². The van der Waals surface area contributed by atoms with E-state index in [-0.39, 0.29) is 5.82 Å². The van der Waals surface area contributed by atoms with Crippen molar-refractivity contribution in [1.29, 1.82) is 0 Å². The summed E-state index contributed by atoms with van der Waals surface area (Å²) in [5.74, 6) is -0.165. The second-order valence-corrected chi connectivity index (χ2v) is 3.27. The van der Waals surface area contributed by atoms with Gasteiger partial charge in [-0.3, -0.25) is 4.68 Å². The maximum atomic E-state index is 11.4. The summed E-state index contributed by atoms with van der Waals surface area (Å²) in [6, 6.07) is 0. The molecule has 0 spiro atoms. The van der Waals surface area contributed by atoms with Crippen LogP contribution in [0.4, 0.5) is 5.82 Å². The maximum absolute atomic E-state index is 11.4. The average Bonchev–Trinajstić information content (AvgIpc) is 2.57. The summed E-state index contributed by atoms with van der Waals surface area (Å²) >= 11 is 0. The number of aromatic nitrogens is 2. The topological polar surface area (TPSA) is 70.1 Å². The molecule has 15 heavy (non-hydrogen) atoms. The van der Waals surface area contributed by atoms with Crippen molar-refractivity contribution in [2.24, 2.45) is 0 Å². The van der Waals surface area contributed by atoms with Gasteiger partial charge in [0.05, 0.1) is 6.61 Å². The van der Waals surface area contributed by atoms with Gasteiger partial charge >= 0.3 is 5.97 Å². The van der Waals surface area contributed by atoms with Crippen LogP contribution in [0, 0.1) is 0 Å². The maximum Gasteiger partial charge on any atom is 0.343 e. The number of anilines is 1. The minimum absolute atomic E-state index is 0.240. The summed E-state index contributed by atoms with van der Waals surface area (Å²) in [5.41, 5.74) is 5.97. The Hall–Kier alpha value is -1.52. The van der Waals surface area contributed by atoms with Gasteiger partial charge in [0, 0.05) is 12.7 Å². The molecule has 0 saturated carbocycles. The summed E-state index contributed by atoms with van der Waals surface area (Å²) in [6.07, 6.45) is 3.74. The first kappa shape index (κ1) is 11.6. The van der Waals surface area contributed by atoms with Crippen LogP contribution in [0.25, 0.3) is 0 Å². The lowest BCUT2D eigenvalue weighted by Crippen LogP contribution is -2.06. The third kappa shape index (κ3) is 2.97. The smallest absolute Gasteiger partial charge is 0.343 e. The first-order chi connectivity index (χ1) is 7.19. The summed E-state index contributed by atoms with van der Waals surface area (Å²) in [6.45, 7) is 4.98. The molecule has 1 heterocycles. The highest BCUT2D eigenvalue weighted by Gasteiger charge is 2.14. The highest BCUT2D eigenvalue weighted by atomic mass is 16.5. The van der Waals surface area contributed by atoms with Crippen LogP contribution >= 0.6 is 0 Å². The standard InChI is InChI=1S/C10H17N3O2/c1-3-5-6-13-7-8(9(11)12-13)10(14)15-4-2/h7H,3-6H2,1-2H3,(H2,11,12). The molecule has 5 heteroatoms. The zero-order valence-corrected chi connectivity index (χ0v) is 9.19. The normalized spacial score (nSPS) is 10.3. The first-order valence-corrected chi connectivity index (χ1v) is 5.19. The van der Waals surface area contributed by atoms with E-state index in [0.29, 0.717) is 12.2 Å². The van der Waals surface area contributed by atoms with E-state index in [9.17, 15) is 4.79 Å². The molecule has 2 N–H and O–H groups in total. The third-order valence-corrected chi connectivity index (χ3v) is 2.03. The number of carbonyl (C=O) groups is 1. The van der Waals surface area contributed by atoms with E-state index in [1.807, 2.05) is 0 Å². The van der Waals surface area contributed by atoms with E-state index < -0.39 is 5.97 Å². The molecular formula is C10H17N3O2. The molecule has 0 aliphatic rings. The fraction of sp³-hybridized carbons (Fsp3) is 0.600. The lowest BCUT2D eigenvalue weighted by atomic mass is 10.3. The van der Waals surface area contributed by atoms with Crippen LogP contribution in [-0.2, 0) is 11.3 Å². The summed E-state index contributed by atoms with van der Waals surface area (Å²) in [7, 11) is 0. The molecule has 0 atom stereocenters.